The Morgan fingerprint density at radius 1 is 0.774 bits per heavy atom. The fourth-order valence-corrected chi connectivity index (χ4v) is 5.69. The Kier molecular flexibility index (Phi) is 5.99. The van der Waals surface area contributed by atoms with Crippen molar-refractivity contribution in [3.05, 3.63) is 36.0 Å². The van der Waals surface area contributed by atoms with Crippen LogP contribution >= 0.6 is 0 Å². The van der Waals surface area contributed by atoms with Crippen molar-refractivity contribution in [2.75, 3.05) is 49.2 Å². The first kappa shape index (κ1) is 20.6. The molecule has 6 nitrogen and oxygen atoms in total. The minimum atomic E-state index is -0.222. The molecule has 0 aromatic heterocycles. The molecule has 1 aromatic carbocycles. The Morgan fingerprint density at radius 3 is 2.23 bits per heavy atom. The first-order chi connectivity index (χ1) is 15.2. The number of benzene rings is 1. The van der Waals surface area contributed by atoms with E-state index in [-0.39, 0.29) is 23.7 Å². The van der Waals surface area contributed by atoms with Crippen LogP contribution in [-0.2, 0) is 14.3 Å². The number of likely N-dealkylation sites (tertiary alicyclic amines) is 1. The van der Waals surface area contributed by atoms with Gasteiger partial charge in [-0.2, -0.15) is 0 Å². The lowest BCUT2D eigenvalue weighted by Crippen LogP contribution is -2.38. The summed E-state index contributed by atoms with van der Waals surface area (Å²) in [6, 6.07) is 7.89. The largest absolute Gasteiger partial charge is 0.378 e. The Morgan fingerprint density at radius 2 is 1.48 bits per heavy atom. The lowest BCUT2D eigenvalue weighted by atomic mass is 9.80. The number of hydrogen-bond donors (Lipinski definition) is 0. The fraction of sp³-hybridized carbons (Fsp3) is 0.600. The Balaban J connectivity index is 1.33. The van der Waals surface area contributed by atoms with E-state index in [9.17, 15) is 9.59 Å². The molecule has 3 fully saturated rings. The summed E-state index contributed by atoms with van der Waals surface area (Å²) in [7, 11) is 0. The molecule has 1 aromatic rings. The second kappa shape index (κ2) is 9.03. The van der Waals surface area contributed by atoms with Gasteiger partial charge in [0.05, 0.1) is 24.8 Å². The zero-order valence-corrected chi connectivity index (χ0v) is 18.3. The molecule has 2 atom stereocenters. The van der Waals surface area contributed by atoms with Crippen molar-refractivity contribution >= 4 is 23.2 Å². The van der Waals surface area contributed by atoms with E-state index in [1.807, 2.05) is 24.3 Å². The number of morpholine rings is 1. The number of imide groups is 1. The molecule has 0 saturated carbocycles. The minimum Gasteiger partial charge on any atom is -0.378 e. The Labute approximate surface area is 184 Å². The molecule has 2 amide bonds. The highest BCUT2D eigenvalue weighted by molar-refractivity contribution is 6.21. The average molecular weight is 424 g/mol. The van der Waals surface area contributed by atoms with E-state index in [4.69, 9.17) is 4.74 Å². The Hall–Kier alpha value is -2.34. The van der Waals surface area contributed by atoms with Gasteiger partial charge in [0.25, 0.3) is 0 Å². The van der Waals surface area contributed by atoms with E-state index in [2.05, 4.69) is 15.9 Å². The van der Waals surface area contributed by atoms with Crippen molar-refractivity contribution in [3.63, 3.8) is 0 Å². The maximum absolute atomic E-state index is 13.5. The summed E-state index contributed by atoms with van der Waals surface area (Å²) >= 11 is 0. The maximum Gasteiger partial charge on any atom is 0.238 e. The summed E-state index contributed by atoms with van der Waals surface area (Å²) < 4.78 is 5.43. The quantitative estimate of drug-likeness (QED) is 0.693. The smallest absolute Gasteiger partial charge is 0.238 e. The van der Waals surface area contributed by atoms with Gasteiger partial charge >= 0.3 is 0 Å². The molecule has 166 valence electrons. The van der Waals surface area contributed by atoms with Crippen LogP contribution in [-0.4, -0.2) is 56.1 Å². The van der Waals surface area contributed by atoms with Crippen LogP contribution in [0.5, 0.6) is 0 Å². The summed E-state index contributed by atoms with van der Waals surface area (Å²) in [6.07, 6.45) is 9.63. The van der Waals surface area contributed by atoms with Crippen LogP contribution < -0.4 is 9.80 Å². The summed E-state index contributed by atoms with van der Waals surface area (Å²) in [5.74, 6) is -0.113. The molecule has 1 aliphatic carbocycles. The summed E-state index contributed by atoms with van der Waals surface area (Å²) in [6.45, 7) is 5.39. The van der Waals surface area contributed by atoms with Crippen LogP contribution in [0.1, 0.15) is 44.9 Å². The number of rotatable bonds is 4. The van der Waals surface area contributed by atoms with Gasteiger partial charge in [0.15, 0.2) is 0 Å². The highest BCUT2D eigenvalue weighted by Crippen LogP contribution is 2.41. The summed E-state index contributed by atoms with van der Waals surface area (Å²) in [4.78, 5) is 32.6. The molecule has 0 radical (unpaired) electrons. The van der Waals surface area contributed by atoms with Crippen molar-refractivity contribution in [1.82, 2.24) is 4.90 Å². The molecule has 3 aliphatic heterocycles. The van der Waals surface area contributed by atoms with Gasteiger partial charge in [-0.1, -0.05) is 6.08 Å². The van der Waals surface area contributed by atoms with Gasteiger partial charge in [-0.3, -0.25) is 14.5 Å². The third-order valence-corrected chi connectivity index (χ3v) is 7.33. The number of hydrogen-bond acceptors (Lipinski definition) is 5. The predicted molar refractivity (Wildman–Crippen MR) is 121 cm³/mol. The van der Waals surface area contributed by atoms with Crippen LogP contribution in [0.2, 0.25) is 0 Å². The van der Waals surface area contributed by atoms with E-state index in [1.165, 1.54) is 29.9 Å². The lowest BCUT2D eigenvalue weighted by molar-refractivity contribution is -0.123. The molecule has 4 aliphatic rings. The third-order valence-electron chi connectivity index (χ3n) is 7.33. The van der Waals surface area contributed by atoms with Crippen molar-refractivity contribution in [2.45, 2.75) is 44.9 Å². The molecule has 0 bridgehead atoms. The van der Waals surface area contributed by atoms with Gasteiger partial charge in [-0.15, -0.1) is 0 Å². The molecular formula is C25H33N3O3. The predicted octanol–water partition coefficient (Wildman–Crippen LogP) is 3.57. The number of nitrogens with zero attached hydrogens (tertiary/aromatic N) is 3. The normalized spacial score (nSPS) is 27.6. The zero-order chi connectivity index (χ0) is 21.2. The summed E-state index contributed by atoms with van der Waals surface area (Å²) in [5, 5.41) is 0. The molecule has 3 saturated heterocycles. The van der Waals surface area contributed by atoms with E-state index in [0.29, 0.717) is 12.1 Å². The first-order valence-corrected chi connectivity index (χ1v) is 12.0. The molecule has 31 heavy (non-hydrogen) atoms. The summed E-state index contributed by atoms with van der Waals surface area (Å²) in [5.41, 5.74) is 3.15. The standard InChI is InChI=1S/C25H33N3O3/c29-24-18-22(21-6-2-3-7-23(21)27-12-4-1-5-13-27)25(30)28(24)20-10-8-19(9-11-20)26-14-16-31-17-15-26/h7-11,21-22H,1-6,12-18H2/t21-,22-/m1/s1. The van der Waals surface area contributed by atoms with Gasteiger partial charge in [-0.05, 0) is 62.8 Å². The molecular weight excluding hydrogens is 390 g/mol. The van der Waals surface area contributed by atoms with E-state index in [1.54, 1.807) is 0 Å². The molecule has 0 N–H and O–H groups in total. The molecule has 0 spiro atoms. The molecule has 0 unspecified atom stereocenters. The lowest BCUT2D eigenvalue weighted by Gasteiger charge is -2.39. The Bertz CT molecular complexity index is 838. The highest BCUT2D eigenvalue weighted by Gasteiger charge is 2.45. The van der Waals surface area contributed by atoms with Crippen LogP contribution in [0.15, 0.2) is 36.0 Å². The SMILES string of the molecule is O=C1C[C@H]([C@H]2CCCC=C2N2CCCCC2)C(=O)N1c1ccc(N2CCOCC2)cc1. The number of ether oxygens (including phenoxy) is 1. The van der Waals surface area contributed by atoms with Gasteiger partial charge in [0.2, 0.25) is 11.8 Å². The van der Waals surface area contributed by atoms with E-state index in [0.717, 1.165) is 64.3 Å². The van der Waals surface area contributed by atoms with E-state index < -0.39 is 0 Å². The second-order valence-corrected chi connectivity index (χ2v) is 9.21. The van der Waals surface area contributed by atoms with Crippen LogP contribution in [0.25, 0.3) is 0 Å². The molecule has 6 heteroatoms. The maximum atomic E-state index is 13.5. The van der Waals surface area contributed by atoms with E-state index >= 15 is 0 Å². The second-order valence-electron chi connectivity index (χ2n) is 9.21. The minimum absolute atomic E-state index is 0.0149. The topological polar surface area (TPSA) is 53.1 Å². The van der Waals surface area contributed by atoms with Crippen LogP contribution in [0.3, 0.4) is 0 Å². The number of allylic oxidation sites excluding steroid dienone is 2. The zero-order valence-electron chi connectivity index (χ0n) is 18.3. The van der Waals surface area contributed by atoms with Crippen molar-refractivity contribution in [1.29, 1.82) is 0 Å². The third kappa shape index (κ3) is 4.10. The number of carbonyl (C=O) groups excluding carboxylic acids is 2. The average Bonchev–Trinajstić information content (AvgIpc) is 3.14. The number of piperidine rings is 1. The van der Waals surface area contributed by atoms with Gasteiger partial charge in [0.1, 0.15) is 0 Å². The van der Waals surface area contributed by atoms with Gasteiger partial charge < -0.3 is 14.5 Å². The van der Waals surface area contributed by atoms with Gasteiger partial charge in [-0.25, -0.2) is 0 Å². The van der Waals surface area contributed by atoms with Crippen LogP contribution in [0, 0.1) is 11.8 Å². The molecule has 3 heterocycles. The fourth-order valence-electron chi connectivity index (χ4n) is 5.69. The highest BCUT2D eigenvalue weighted by atomic mass is 16.5. The van der Waals surface area contributed by atoms with Crippen molar-refractivity contribution in [3.8, 4) is 0 Å². The van der Waals surface area contributed by atoms with Crippen molar-refractivity contribution in [2.24, 2.45) is 11.8 Å². The number of carbonyl (C=O) groups is 2. The van der Waals surface area contributed by atoms with Crippen molar-refractivity contribution < 1.29 is 14.3 Å². The molecule has 5 rings (SSSR count). The van der Waals surface area contributed by atoms with Gasteiger partial charge in [0, 0.05) is 49.9 Å². The number of amides is 2. The first-order valence-electron chi connectivity index (χ1n) is 12.0. The monoisotopic (exact) mass is 423 g/mol. The van der Waals surface area contributed by atoms with Crippen LogP contribution in [0.4, 0.5) is 11.4 Å². The number of anilines is 2.